The highest BCUT2D eigenvalue weighted by atomic mass is 31.2. The summed E-state index contributed by atoms with van der Waals surface area (Å²) in [6.07, 6.45) is 4.38. The molecule has 2 aliphatic rings. The lowest BCUT2D eigenvalue weighted by Gasteiger charge is -2.32. The second-order valence-corrected chi connectivity index (χ2v) is 17.0. The lowest BCUT2D eigenvalue weighted by Crippen LogP contribution is -2.41. The van der Waals surface area contributed by atoms with Crippen molar-refractivity contribution in [3.05, 3.63) is 65.2 Å². The van der Waals surface area contributed by atoms with E-state index >= 15 is 0 Å². The van der Waals surface area contributed by atoms with Crippen LogP contribution in [-0.2, 0) is 44.0 Å². The number of hydrogen-bond acceptors (Lipinski definition) is 13. The van der Waals surface area contributed by atoms with Crippen LogP contribution in [-0.4, -0.2) is 111 Å². The van der Waals surface area contributed by atoms with Gasteiger partial charge in [-0.3, -0.25) is 18.6 Å². The summed E-state index contributed by atoms with van der Waals surface area (Å²) in [5.41, 5.74) is 12.2. The number of rotatable bonds is 24. The minimum absolute atomic E-state index is 0.00193. The van der Waals surface area contributed by atoms with Gasteiger partial charge in [-0.25, -0.2) is 10.4 Å². The van der Waals surface area contributed by atoms with Crippen LogP contribution in [0.1, 0.15) is 102 Å². The molecule has 16 nitrogen and oxygen atoms in total. The van der Waals surface area contributed by atoms with Crippen molar-refractivity contribution in [2.75, 3.05) is 38.3 Å². The molecule has 60 heavy (non-hydrogen) atoms. The maximum Gasteiger partial charge on any atom is 0.472 e. The first-order valence-corrected chi connectivity index (χ1v) is 22.3. The summed E-state index contributed by atoms with van der Waals surface area (Å²) in [7, 11) is 3.59. The van der Waals surface area contributed by atoms with Crippen molar-refractivity contribution in [3.63, 3.8) is 0 Å². The number of phosphoric acid groups is 1. The molecule has 8 N–H and O–H groups in total. The zero-order chi connectivity index (χ0) is 44.2. The lowest BCUT2D eigenvalue weighted by atomic mass is 9.96. The molecule has 0 aliphatic carbocycles. The fourth-order valence-corrected chi connectivity index (χ4v) is 7.85. The number of phosphoric ester groups is 1. The number of hydrogen-bond donors (Lipinski definition) is 6. The minimum Gasteiger partial charge on any atom is -0.480 e. The molecule has 2 aromatic rings. The molecule has 1 saturated heterocycles. The van der Waals surface area contributed by atoms with E-state index in [1.54, 1.807) is 5.01 Å². The summed E-state index contributed by atoms with van der Waals surface area (Å²) in [6.45, 7) is 9.73. The smallest absolute Gasteiger partial charge is 0.472 e. The summed E-state index contributed by atoms with van der Waals surface area (Å²) in [6, 6.07) is 15.1. The van der Waals surface area contributed by atoms with Gasteiger partial charge >= 0.3 is 13.8 Å². The van der Waals surface area contributed by atoms with Gasteiger partial charge < -0.3 is 50.5 Å². The van der Waals surface area contributed by atoms with Crippen LogP contribution in [0.4, 0.5) is 5.69 Å². The summed E-state index contributed by atoms with van der Waals surface area (Å²) in [5, 5.41) is 17.0. The molecule has 2 aromatic carbocycles. The fourth-order valence-electron chi connectivity index (χ4n) is 6.87. The summed E-state index contributed by atoms with van der Waals surface area (Å²) in [4.78, 5) is 45.2. The van der Waals surface area contributed by atoms with Crippen LogP contribution < -0.4 is 27.1 Å². The molecule has 4 rings (SSSR count). The van der Waals surface area contributed by atoms with Crippen LogP contribution in [0.5, 0.6) is 0 Å². The first kappa shape index (κ1) is 50.6. The third kappa shape index (κ3) is 17.3. The van der Waals surface area contributed by atoms with E-state index in [1.807, 2.05) is 64.1 Å². The summed E-state index contributed by atoms with van der Waals surface area (Å²) >= 11 is 0. The van der Waals surface area contributed by atoms with Gasteiger partial charge in [0.05, 0.1) is 36.8 Å². The van der Waals surface area contributed by atoms with Crippen LogP contribution in [0.25, 0.3) is 11.4 Å². The molecule has 0 aromatic heterocycles. The number of ether oxygens (including phenoxy) is 2. The minimum atomic E-state index is -4.21. The molecule has 1 fully saturated rings. The SMILES string of the molecule is CC(C)NC(CCCN(N)/C1=C(\N)c2ccccc2N(C)Cc2ccccc21)C(=O)O.[B]C1CC(OP(=O)(O)OCCCCCCNC(=O)CCC=O)C(COC(C)C)O1. The monoisotopic (exact) mass is 856 g/mol. The first-order chi connectivity index (χ1) is 28.5. The molecule has 2 radical (unpaired) electrons. The van der Waals surface area contributed by atoms with E-state index in [2.05, 4.69) is 34.7 Å². The van der Waals surface area contributed by atoms with Gasteiger partial charge in [-0.05, 0) is 57.6 Å². The van der Waals surface area contributed by atoms with Gasteiger partial charge in [0.25, 0.3) is 0 Å². The predicted molar refractivity (Wildman–Crippen MR) is 233 cm³/mol. The quantitative estimate of drug-likeness (QED) is 0.0210. The number of aliphatic carboxylic acids is 1. The Labute approximate surface area is 356 Å². The van der Waals surface area contributed by atoms with E-state index in [-0.39, 0.29) is 44.1 Å². The number of carbonyl (C=O) groups excluding carboxylic acids is 2. The number of carboxylic acids is 1. The molecule has 332 valence electrons. The normalized spacial score (nSPS) is 20.2. The van der Waals surface area contributed by atoms with Crippen LogP contribution in [0.2, 0.25) is 0 Å². The number of nitrogens with one attached hydrogen (secondary N) is 2. The van der Waals surface area contributed by atoms with Crippen LogP contribution >= 0.6 is 7.82 Å². The van der Waals surface area contributed by atoms with Gasteiger partial charge in [0.1, 0.15) is 26.3 Å². The van der Waals surface area contributed by atoms with Crippen molar-refractivity contribution in [3.8, 4) is 0 Å². The van der Waals surface area contributed by atoms with Gasteiger partial charge in [-0.2, -0.15) is 0 Å². The maximum atomic E-state index is 12.2. The molecule has 2 heterocycles. The third-order valence-electron chi connectivity index (χ3n) is 9.78. The first-order valence-electron chi connectivity index (χ1n) is 20.8. The molecule has 0 spiro atoms. The molecule has 5 atom stereocenters. The van der Waals surface area contributed by atoms with E-state index < -0.39 is 38.0 Å². The number of amides is 1. The van der Waals surface area contributed by atoms with Crippen molar-refractivity contribution in [2.24, 2.45) is 11.6 Å². The van der Waals surface area contributed by atoms with Crippen LogP contribution in [0.15, 0.2) is 48.5 Å². The highest BCUT2D eigenvalue weighted by molar-refractivity contribution is 7.47. The summed E-state index contributed by atoms with van der Waals surface area (Å²) in [5.74, 6) is 5.57. The Morgan fingerprint density at radius 1 is 1.07 bits per heavy atom. The van der Waals surface area contributed by atoms with Gasteiger partial charge in [0.15, 0.2) is 0 Å². The van der Waals surface area contributed by atoms with Gasteiger partial charge in [0.2, 0.25) is 5.91 Å². The standard InChI is InChI=1S/C24H33N5O2.C18H33BNO8P/c1-16(2)27-20(24(30)31)12-8-14-29(26)23-18-10-5-4-9-17(18)15-28(3)21-13-7-6-11-19(21)22(23)25;1-14(2)25-13-16-15(12-17(19)27-16)28-29(23,24)26-11-6-4-3-5-9-20-18(22)8-7-10-21/h4-7,9-11,13,16,20,27H,8,12,14-15,25-26H2,1-3H3,(H,30,31);10,14-17H,3-9,11-13H2,1-2H3,(H,20,22)(H,23,24)/b23-22-;. The Morgan fingerprint density at radius 2 is 1.75 bits per heavy atom. The zero-order valence-electron chi connectivity index (χ0n) is 35.8. The number of nitrogens with two attached hydrogens (primary N) is 2. The van der Waals surface area contributed by atoms with E-state index in [0.717, 1.165) is 60.2 Å². The topological polar surface area (TPSA) is 228 Å². The molecule has 0 bridgehead atoms. The van der Waals surface area contributed by atoms with E-state index in [1.165, 1.54) is 0 Å². The van der Waals surface area contributed by atoms with Crippen molar-refractivity contribution in [2.45, 2.75) is 128 Å². The average Bonchev–Trinajstić information content (AvgIpc) is 3.54. The van der Waals surface area contributed by atoms with Gasteiger partial charge in [0, 0.05) is 68.4 Å². The third-order valence-corrected chi connectivity index (χ3v) is 10.8. The molecular formula is C42H66BN6O10P. The number of carbonyl (C=O) groups is 3. The number of benzene rings is 2. The van der Waals surface area contributed by atoms with Crippen molar-refractivity contribution in [1.82, 2.24) is 15.6 Å². The van der Waals surface area contributed by atoms with Crippen molar-refractivity contribution >= 4 is 50.9 Å². The van der Waals surface area contributed by atoms with Crippen molar-refractivity contribution < 1.29 is 47.5 Å². The highest BCUT2D eigenvalue weighted by Crippen LogP contribution is 2.47. The number of anilines is 1. The van der Waals surface area contributed by atoms with E-state index in [4.69, 9.17) is 37.9 Å². The average molecular weight is 857 g/mol. The number of unbranched alkanes of at least 4 members (excludes halogenated alkanes) is 3. The molecule has 0 saturated carbocycles. The number of hydrazine groups is 1. The number of para-hydroxylation sites is 1. The van der Waals surface area contributed by atoms with Crippen LogP contribution in [0.3, 0.4) is 0 Å². The second-order valence-electron chi connectivity index (χ2n) is 15.6. The van der Waals surface area contributed by atoms with E-state index in [9.17, 15) is 28.9 Å². The van der Waals surface area contributed by atoms with Gasteiger partial charge in [-0.15, -0.1) is 0 Å². The molecular weight excluding hydrogens is 790 g/mol. The largest absolute Gasteiger partial charge is 0.480 e. The number of fused-ring (bicyclic) bond motifs is 2. The number of aldehydes is 1. The Morgan fingerprint density at radius 3 is 2.43 bits per heavy atom. The Bertz CT molecular complexity index is 1740. The number of carboxylic acid groups (broad SMARTS) is 1. The predicted octanol–water partition coefficient (Wildman–Crippen LogP) is 4.68. The van der Waals surface area contributed by atoms with Crippen molar-refractivity contribution in [1.29, 1.82) is 0 Å². The lowest BCUT2D eigenvalue weighted by molar-refractivity contribution is -0.140. The fraction of sp³-hybridized carbons (Fsp3) is 0.595. The van der Waals surface area contributed by atoms with E-state index in [0.29, 0.717) is 44.5 Å². The summed E-state index contributed by atoms with van der Waals surface area (Å²) < 4.78 is 33.4. The molecule has 18 heteroatoms. The molecule has 5 unspecified atom stereocenters. The van der Waals surface area contributed by atoms with Crippen LogP contribution in [0, 0.1) is 0 Å². The number of nitrogens with zero attached hydrogens (tertiary/aromatic N) is 2. The maximum absolute atomic E-state index is 12.2. The Kier molecular flexibility index (Phi) is 21.8. The molecule has 2 aliphatic heterocycles. The zero-order valence-corrected chi connectivity index (χ0v) is 36.7. The Hall–Kier alpha value is -3.80. The molecule has 1 amide bonds. The second kappa shape index (κ2) is 25.9. The Balaban J connectivity index is 0.000000321. The van der Waals surface area contributed by atoms with Gasteiger partial charge in [-0.1, -0.05) is 69.2 Å². The highest BCUT2D eigenvalue weighted by Gasteiger charge is 2.39.